The van der Waals surface area contributed by atoms with Crippen molar-refractivity contribution < 1.29 is 17.9 Å². The van der Waals surface area contributed by atoms with E-state index in [1.54, 1.807) is 36.4 Å². The van der Waals surface area contributed by atoms with Crippen LogP contribution < -0.4 is 14.4 Å². The Morgan fingerprint density at radius 2 is 1.75 bits per heavy atom. The van der Waals surface area contributed by atoms with E-state index < -0.39 is 10.0 Å². The first-order valence-electron chi connectivity index (χ1n) is 11.7. The number of hydrogen-bond acceptors (Lipinski definition) is 5. The Bertz CT molecular complexity index is 1520. The summed E-state index contributed by atoms with van der Waals surface area (Å²) in [7, 11) is -2.23. The van der Waals surface area contributed by atoms with E-state index in [9.17, 15) is 13.2 Å². The molecule has 4 aromatic rings. The van der Waals surface area contributed by atoms with Gasteiger partial charge in [-0.3, -0.25) is 9.52 Å². The highest BCUT2D eigenvalue weighted by Crippen LogP contribution is 2.29. The zero-order chi connectivity index (χ0) is 25.3. The summed E-state index contributed by atoms with van der Waals surface area (Å²) in [6, 6.07) is 19.7. The van der Waals surface area contributed by atoms with Crippen LogP contribution in [0, 0.1) is 6.92 Å². The van der Waals surface area contributed by atoms with Gasteiger partial charge in [-0.1, -0.05) is 18.2 Å². The van der Waals surface area contributed by atoms with E-state index in [2.05, 4.69) is 14.6 Å². The summed E-state index contributed by atoms with van der Waals surface area (Å²) in [5.41, 5.74) is 3.51. The normalized spacial score (nSPS) is 14.2. The van der Waals surface area contributed by atoms with Crippen molar-refractivity contribution in [3.63, 3.8) is 0 Å². The van der Waals surface area contributed by atoms with E-state index in [0.717, 1.165) is 27.9 Å². The summed E-state index contributed by atoms with van der Waals surface area (Å²) in [5.74, 6) is 0.632. The molecule has 0 radical (unpaired) electrons. The van der Waals surface area contributed by atoms with Gasteiger partial charge >= 0.3 is 0 Å². The van der Waals surface area contributed by atoms with E-state index in [0.29, 0.717) is 37.4 Å². The van der Waals surface area contributed by atoms with Gasteiger partial charge in [-0.15, -0.1) is 0 Å². The summed E-state index contributed by atoms with van der Waals surface area (Å²) in [6.07, 6.45) is 1.80. The van der Waals surface area contributed by atoms with E-state index in [1.807, 2.05) is 43.3 Å². The number of fused-ring (bicyclic) bond motifs is 1. The highest BCUT2D eigenvalue weighted by molar-refractivity contribution is 7.92. The van der Waals surface area contributed by atoms with Crippen LogP contribution in [0.25, 0.3) is 10.9 Å². The van der Waals surface area contributed by atoms with Gasteiger partial charge in [-0.05, 0) is 61.0 Å². The Kier molecular flexibility index (Phi) is 6.32. The number of sulfonamides is 1. The number of aryl methyl sites for hydroxylation is 1. The molecule has 3 aromatic carbocycles. The molecule has 1 fully saturated rings. The summed E-state index contributed by atoms with van der Waals surface area (Å²) < 4.78 is 34.4. The lowest BCUT2D eigenvalue weighted by Crippen LogP contribution is -2.49. The Hall–Kier alpha value is -3.98. The SMILES string of the molecule is COc1ccccc1N1CCN(C(=O)c2cc(S(=O)(=O)Nc3ccc4[nH]ccc4c3)ccc2C)CC1. The van der Waals surface area contributed by atoms with Crippen molar-refractivity contribution in [1.29, 1.82) is 0 Å². The third-order valence-electron chi connectivity index (χ3n) is 6.55. The van der Waals surface area contributed by atoms with Crippen LogP contribution in [0.4, 0.5) is 11.4 Å². The molecule has 1 aliphatic rings. The number of H-pyrrole nitrogens is 1. The fraction of sp³-hybridized carbons (Fsp3) is 0.222. The number of nitrogens with one attached hydrogen (secondary N) is 2. The molecule has 0 saturated carbocycles. The molecule has 1 aromatic heterocycles. The van der Waals surface area contributed by atoms with Gasteiger partial charge in [0.1, 0.15) is 5.75 Å². The van der Waals surface area contributed by atoms with Crippen molar-refractivity contribution in [2.75, 3.05) is 42.9 Å². The Labute approximate surface area is 210 Å². The minimum absolute atomic E-state index is 0.0540. The summed E-state index contributed by atoms with van der Waals surface area (Å²) in [4.78, 5) is 20.5. The minimum atomic E-state index is -3.87. The van der Waals surface area contributed by atoms with E-state index in [4.69, 9.17) is 4.74 Å². The number of amides is 1. The van der Waals surface area contributed by atoms with Crippen molar-refractivity contribution in [2.24, 2.45) is 0 Å². The minimum Gasteiger partial charge on any atom is -0.495 e. The van der Waals surface area contributed by atoms with E-state index in [-0.39, 0.29) is 10.8 Å². The molecular formula is C27H28N4O4S. The molecule has 0 bridgehead atoms. The molecule has 0 aliphatic carbocycles. The Morgan fingerprint density at radius 1 is 0.972 bits per heavy atom. The second-order valence-corrected chi connectivity index (χ2v) is 10.5. The predicted molar refractivity (Wildman–Crippen MR) is 141 cm³/mol. The molecule has 2 N–H and O–H groups in total. The molecular weight excluding hydrogens is 476 g/mol. The van der Waals surface area contributed by atoms with Crippen molar-refractivity contribution in [3.05, 3.63) is 84.1 Å². The Morgan fingerprint density at radius 3 is 2.53 bits per heavy atom. The number of carbonyl (C=O) groups is 1. The zero-order valence-electron chi connectivity index (χ0n) is 20.2. The van der Waals surface area contributed by atoms with Gasteiger partial charge in [0.05, 0.1) is 17.7 Å². The number of piperazine rings is 1. The Balaban J connectivity index is 1.32. The quantitative estimate of drug-likeness (QED) is 0.409. The summed E-state index contributed by atoms with van der Waals surface area (Å²) >= 11 is 0. The maximum absolute atomic E-state index is 13.4. The number of methoxy groups -OCH3 is 1. The van der Waals surface area contributed by atoms with Crippen LogP contribution in [-0.4, -0.2) is 57.5 Å². The molecule has 8 nitrogen and oxygen atoms in total. The molecule has 36 heavy (non-hydrogen) atoms. The molecule has 1 amide bonds. The largest absolute Gasteiger partial charge is 0.495 e. The molecule has 186 valence electrons. The van der Waals surface area contributed by atoms with Crippen molar-refractivity contribution >= 4 is 38.2 Å². The first-order chi connectivity index (χ1) is 17.4. The molecule has 9 heteroatoms. The number of hydrogen-bond donors (Lipinski definition) is 2. The second kappa shape index (κ2) is 9.58. The van der Waals surface area contributed by atoms with Gasteiger partial charge in [0.25, 0.3) is 15.9 Å². The average Bonchev–Trinajstić information content (AvgIpc) is 3.36. The van der Waals surface area contributed by atoms with Crippen LogP contribution in [0.3, 0.4) is 0 Å². The topological polar surface area (TPSA) is 94.7 Å². The van der Waals surface area contributed by atoms with Gasteiger partial charge in [-0.25, -0.2) is 8.42 Å². The molecule has 0 atom stereocenters. The summed E-state index contributed by atoms with van der Waals surface area (Å²) in [5, 5.41) is 0.905. The number of anilines is 2. The number of rotatable bonds is 6. The smallest absolute Gasteiger partial charge is 0.261 e. The number of nitrogens with zero attached hydrogens (tertiary/aromatic N) is 2. The third-order valence-corrected chi connectivity index (χ3v) is 7.93. The first-order valence-corrected chi connectivity index (χ1v) is 13.2. The highest BCUT2D eigenvalue weighted by atomic mass is 32.2. The van der Waals surface area contributed by atoms with Crippen LogP contribution in [-0.2, 0) is 10.0 Å². The highest BCUT2D eigenvalue weighted by Gasteiger charge is 2.26. The number of benzene rings is 3. The van der Waals surface area contributed by atoms with Gasteiger partial charge in [-0.2, -0.15) is 0 Å². The maximum Gasteiger partial charge on any atom is 0.261 e. The van der Waals surface area contributed by atoms with Crippen LogP contribution in [0.1, 0.15) is 15.9 Å². The number of para-hydroxylation sites is 2. The fourth-order valence-electron chi connectivity index (χ4n) is 4.54. The van der Waals surface area contributed by atoms with Crippen LogP contribution >= 0.6 is 0 Å². The molecule has 0 unspecified atom stereocenters. The standard InChI is InChI=1S/C27H28N4O4S/c1-19-7-9-22(36(33,34)29-21-8-10-24-20(17-21)11-12-28-24)18-23(19)27(32)31-15-13-30(14-16-31)25-5-3-4-6-26(25)35-2/h3-12,17-18,28-29H,13-16H2,1-2H3. The lowest BCUT2D eigenvalue weighted by Gasteiger charge is -2.36. The van der Waals surface area contributed by atoms with Crippen molar-refractivity contribution in [2.45, 2.75) is 11.8 Å². The first kappa shape index (κ1) is 23.7. The fourth-order valence-corrected chi connectivity index (χ4v) is 5.62. The van der Waals surface area contributed by atoms with Gasteiger partial charge in [0.15, 0.2) is 0 Å². The van der Waals surface area contributed by atoms with Gasteiger partial charge < -0.3 is 19.5 Å². The molecule has 5 rings (SSSR count). The van der Waals surface area contributed by atoms with Crippen LogP contribution in [0.5, 0.6) is 5.75 Å². The number of aromatic nitrogens is 1. The molecule has 1 aliphatic heterocycles. The van der Waals surface area contributed by atoms with Crippen molar-refractivity contribution in [3.8, 4) is 5.75 Å². The van der Waals surface area contributed by atoms with E-state index in [1.165, 1.54) is 12.1 Å². The lowest BCUT2D eigenvalue weighted by molar-refractivity contribution is 0.0745. The average molecular weight is 505 g/mol. The van der Waals surface area contributed by atoms with Crippen LogP contribution in [0.15, 0.2) is 77.8 Å². The second-order valence-electron chi connectivity index (χ2n) is 8.81. The molecule has 1 saturated heterocycles. The van der Waals surface area contributed by atoms with Gasteiger partial charge in [0.2, 0.25) is 0 Å². The summed E-state index contributed by atoms with van der Waals surface area (Å²) in [6.45, 7) is 4.20. The maximum atomic E-state index is 13.4. The van der Waals surface area contributed by atoms with E-state index >= 15 is 0 Å². The predicted octanol–water partition coefficient (Wildman–Crippen LogP) is 4.25. The number of ether oxygens (including phenoxy) is 1. The molecule has 0 spiro atoms. The van der Waals surface area contributed by atoms with Crippen LogP contribution in [0.2, 0.25) is 0 Å². The van der Waals surface area contributed by atoms with Crippen molar-refractivity contribution in [1.82, 2.24) is 9.88 Å². The zero-order valence-corrected chi connectivity index (χ0v) is 21.0. The number of carbonyl (C=O) groups excluding carboxylic acids is 1. The third kappa shape index (κ3) is 4.61. The monoisotopic (exact) mass is 504 g/mol. The lowest BCUT2D eigenvalue weighted by atomic mass is 10.1. The number of aromatic amines is 1. The van der Waals surface area contributed by atoms with Gasteiger partial charge in [0, 0.05) is 54.5 Å². The molecule has 2 heterocycles.